The second-order valence-corrected chi connectivity index (χ2v) is 12.4. The first-order valence-corrected chi connectivity index (χ1v) is 14.9. The van der Waals surface area contributed by atoms with E-state index in [-0.39, 0.29) is 28.6 Å². The summed E-state index contributed by atoms with van der Waals surface area (Å²) in [4.78, 5) is 33.1. The molecule has 0 aliphatic carbocycles. The minimum absolute atomic E-state index is 0.00318. The molecule has 4 aromatic rings. The number of benzene rings is 3. The van der Waals surface area contributed by atoms with Crippen molar-refractivity contribution in [3.63, 3.8) is 0 Å². The first-order valence-electron chi connectivity index (χ1n) is 14.9. The summed E-state index contributed by atoms with van der Waals surface area (Å²) in [5.74, 6) is 0.0612. The Morgan fingerprint density at radius 1 is 1.07 bits per heavy atom. The molecular formula is C35H39N7O2. The van der Waals surface area contributed by atoms with Gasteiger partial charge in [0.2, 0.25) is 0 Å². The second kappa shape index (κ2) is 12.3. The van der Waals surface area contributed by atoms with Crippen molar-refractivity contribution in [1.29, 1.82) is 5.26 Å². The number of hydrogen-bond donors (Lipinski definition) is 3. The van der Waals surface area contributed by atoms with Gasteiger partial charge in [-0.1, -0.05) is 45.0 Å². The number of hydrogen-bond acceptors (Lipinski definition) is 7. The zero-order valence-electron chi connectivity index (χ0n) is 25.9. The predicted molar refractivity (Wildman–Crippen MR) is 177 cm³/mol. The number of nitrogen functional groups attached to an aromatic ring is 1. The number of nitriles is 1. The second-order valence-electron chi connectivity index (χ2n) is 12.4. The maximum Gasteiger partial charge on any atom is 0.293 e. The van der Waals surface area contributed by atoms with Gasteiger partial charge in [-0.05, 0) is 72.7 Å². The lowest BCUT2D eigenvalue weighted by Gasteiger charge is -2.32. The molecule has 2 heterocycles. The zero-order valence-corrected chi connectivity index (χ0v) is 25.9. The fourth-order valence-corrected chi connectivity index (χ4v) is 5.49. The highest BCUT2D eigenvalue weighted by Crippen LogP contribution is 2.32. The summed E-state index contributed by atoms with van der Waals surface area (Å²) in [7, 11) is 1.68. The van der Waals surface area contributed by atoms with Crippen LogP contribution in [0.3, 0.4) is 0 Å². The Morgan fingerprint density at radius 2 is 1.77 bits per heavy atom. The topological polar surface area (TPSA) is 129 Å². The smallest absolute Gasteiger partial charge is 0.293 e. The van der Waals surface area contributed by atoms with Crippen LogP contribution in [0.25, 0.3) is 11.3 Å². The van der Waals surface area contributed by atoms with Crippen LogP contribution in [-0.2, 0) is 12.5 Å². The lowest BCUT2D eigenvalue weighted by molar-refractivity contribution is 0.102. The molecule has 1 fully saturated rings. The first kappa shape index (κ1) is 30.4. The molecule has 44 heavy (non-hydrogen) atoms. The van der Waals surface area contributed by atoms with Crippen molar-refractivity contribution in [2.24, 2.45) is 13.0 Å². The number of nitrogens with one attached hydrogen (secondary N) is 2. The van der Waals surface area contributed by atoms with E-state index in [1.165, 1.54) is 4.57 Å². The third-order valence-corrected chi connectivity index (χ3v) is 8.25. The summed E-state index contributed by atoms with van der Waals surface area (Å²) >= 11 is 0. The molecule has 9 heteroatoms. The molecular weight excluding hydrogens is 550 g/mol. The quantitative estimate of drug-likeness (QED) is 0.223. The Kier molecular flexibility index (Phi) is 8.45. The van der Waals surface area contributed by atoms with Gasteiger partial charge in [0, 0.05) is 54.8 Å². The van der Waals surface area contributed by atoms with Gasteiger partial charge < -0.3 is 25.8 Å². The summed E-state index contributed by atoms with van der Waals surface area (Å²) in [6.07, 6.45) is 3.32. The van der Waals surface area contributed by atoms with Crippen LogP contribution in [0.1, 0.15) is 55.1 Å². The van der Waals surface area contributed by atoms with Crippen LogP contribution in [0.2, 0.25) is 0 Å². The molecule has 1 aromatic heterocycles. The summed E-state index contributed by atoms with van der Waals surface area (Å²) < 4.78 is 1.49. The van der Waals surface area contributed by atoms with E-state index in [0.717, 1.165) is 48.3 Å². The maximum atomic E-state index is 13.1. The Bertz CT molecular complexity index is 1790. The molecule has 0 atom stereocenters. The fraction of sp³-hybridized carbons (Fsp3) is 0.314. The number of rotatable bonds is 6. The van der Waals surface area contributed by atoms with Gasteiger partial charge in [0.1, 0.15) is 0 Å². The predicted octanol–water partition coefficient (Wildman–Crippen LogP) is 6.37. The number of piperidine rings is 1. The lowest BCUT2D eigenvalue weighted by Crippen LogP contribution is -2.33. The highest BCUT2D eigenvalue weighted by molar-refractivity contribution is 6.05. The van der Waals surface area contributed by atoms with E-state index >= 15 is 0 Å². The van der Waals surface area contributed by atoms with Crippen LogP contribution in [0.15, 0.2) is 71.7 Å². The molecule has 1 saturated heterocycles. The van der Waals surface area contributed by atoms with E-state index in [1.807, 2.05) is 61.5 Å². The van der Waals surface area contributed by atoms with E-state index in [1.54, 1.807) is 19.3 Å². The number of carbonyl (C=O) groups is 1. The number of aromatic nitrogens is 2. The van der Waals surface area contributed by atoms with Crippen molar-refractivity contribution >= 4 is 34.5 Å². The van der Waals surface area contributed by atoms with Gasteiger partial charge in [0.05, 0.1) is 23.1 Å². The van der Waals surface area contributed by atoms with Crippen LogP contribution >= 0.6 is 0 Å². The third-order valence-electron chi connectivity index (χ3n) is 8.25. The molecule has 3 aromatic carbocycles. The zero-order chi connectivity index (χ0) is 31.6. The summed E-state index contributed by atoms with van der Waals surface area (Å²) in [5.41, 5.74) is 12.9. The van der Waals surface area contributed by atoms with Crippen molar-refractivity contribution in [3.05, 3.63) is 93.9 Å². The van der Waals surface area contributed by atoms with E-state index < -0.39 is 0 Å². The normalized spacial score (nSPS) is 13.8. The summed E-state index contributed by atoms with van der Waals surface area (Å²) in [5, 5.41) is 15.4. The van der Waals surface area contributed by atoms with Crippen LogP contribution < -0.4 is 26.8 Å². The molecule has 1 aliphatic rings. The monoisotopic (exact) mass is 589 g/mol. The van der Waals surface area contributed by atoms with Gasteiger partial charge in [-0.25, -0.2) is 4.98 Å². The van der Waals surface area contributed by atoms with Crippen LogP contribution in [0.5, 0.6) is 0 Å². The summed E-state index contributed by atoms with van der Waals surface area (Å²) in [6, 6.07) is 21.3. The Labute approximate surface area is 258 Å². The SMILES string of the molecule is Cc1c(NC(=O)c2ccc(C(C)(C)C)cc2)cccc1-c1cn(C)c(=O)c(Nc2ccc(N3CCC(C#N)CC3)c(N)c2)n1. The van der Waals surface area contributed by atoms with Crippen LogP contribution in [0, 0.1) is 24.2 Å². The standard InChI is InChI=1S/C35H39N7O2/c1-22-27(7-6-8-29(22)40-33(43)24-9-11-25(12-10-24)35(2,3)4)30-21-41(5)34(44)32(39-30)38-26-13-14-31(28(37)19-26)42-17-15-23(20-36)16-18-42/h6-14,19,21,23H,15-18,37H2,1-5H3,(H,38,39)(H,40,43). The Morgan fingerprint density at radius 3 is 2.41 bits per heavy atom. The molecule has 226 valence electrons. The average molecular weight is 590 g/mol. The molecule has 0 spiro atoms. The minimum Gasteiger partial charge on any atom is -0.397 e. The summed E-state index contributed by atoms with van der Waals surface area (Å²) in [6.45, 7) is 9.90. The fourth-order valence-electron chi connectivity index (χ4n) is 5.49. The van der Waals surface area contributed by atoms with Gasteiger partial charge >= 0.3 is 0 Å². The van der Waals surface area contributed by atoms with E-state index in [2.05, 4.69) is 42.4 Å². The van der Waals surface area contributed by atoms with Crippen LogP contribution in [0.4, 0.5) is 28.6 Å². The Hall–Kier alpha value is -5.10. The van der Waals surface area contributed by atoms with Crippen molar-refractivity contribution in [2.75, 3.05) is 34.4 Å². The first-order chi connectivity index (χ1) is 20.9. The van der Waals surface area contributed by atoms with Crippen LogP contribution in [-0.4, -0.2) is 28.5 Å². The van der Waals surface area contributed by atoms with E-state index in [0.29, 0.717) is 28.3 Å². The van der Waals surface area contributed by atoms with Gasteiger partial charge in [-0.3, -0.25) is 9.59 Å². The highest BCUT2D eigenvalue weighted by atomic mass is 16.1. The van der Waals surface area contributed by atoms with E-state index in [4.69, 9.17) is 10.7 Å². The number of aryl methyl sites for hydroxylation is 1. The highest BCUT2D eigenvalue weighted by Gasteiger charge is 2.21. The molecule has 4 N–H and O–H groups in total. The van der Waals surface area contributed by atoms with Crippen molar-refractivity contribution in [1.82, 2.24) is 9.55 Å². The Balaban J connectivity index is 1.37. The van der Waals surface area contributed by atoms with Gasteiger partial charge in [-0.15, -0.1) is 0 Å². The van der Waals surface area contributed by atoms with Crippen molar-refractivity contribution in [2.45, 2.75) is 46.0 Å². The molecule has 1 amide bonds. The minimum atomic E-state index is -0.282. The molecule has 5 rings (SSSR count). The molecule has 0 unspecified atom stereocenters. The number of amides is 1. The maximum absolute atomic E-state index is 13.1. The largest absolute Gasteiger partial charge is 0.397 e. The number of nitrogens with two attached hydrogens (primary N) is 1. The molecule has 0 radical (unpaired) electrons. The third kappa shape index (κ3) is 6.45. The molecule has 1 aliphatic heterocycles. The number of nitrogens with zero attached hydrogens (tertiary/aromatic N) is 4. The lowest BCUT2D eigenvalue weighted by atomic mass is 9.86. The van der Waals surface area contributed by atoms with Crippen molar-refractivity contribution in [3.8, 4) is 17.3 Å². The van der Waals surface area contributed by atoms with Gasteiger partial charge in [0.25, 0.3) is 11.5 Å². The number of carbonyl (C=O) groups excluding carboxylic acids is 1. The average Bonchev–Trinajstić information content (AvgIpc) is 3.00. The molecule has 0 bridgehead atoms. The number of anilines is 5. The molecule has 9 nitrogen and oxygen atoms in total. The van der Waals surface area contributed by atoms with Gasteiger partial charge in [0.15, 0.2) is 5.82 Å². The van der Waals surface area contributed by atoms with Crippen molar-refractivity contribution < 1.29 is 4.79 Å². The van der Waals surface area contributed by atoms with E-state index in [9.17, 15) is 14.9 Å². The van der Waals surface area contributed by atoms with Gasteiger partial charge in [-0.2, -0.15) is 5.26 Å². The molecule has 0 saturated carbocycles.